The van der Waals surface area contributed by atoms with Crippen molar-refractivity contribution in [3.63, 3.8) is 0 Å². The zero-order chi connectivity index (χ0) is 20.8. The summed E-state index contributed by atoms with van der Waals surface area (Å²) < 4.78 is 0. The highest BCUT2D eigenvalue weighted by molar-refractivity contribution is 6.07. The van der Waals surface area contributed by atoms with Gasteiger partial charge < -0.3 is 10.6 Å². The summed E-state index contributed by atoms with van der Waals surface area (Å²) in [6, 6.07) is 21.5. The van der Waals surface area contributed by atoms with Crippen LogP contribution in [0.25, 0.3) is 0 Å². The number of benzene rings is 3. The summed E-state index contributed by atoms with van der Waals surface area (Å²) in [5, 5.41) is 14.5. The standard InChI is InChI=1S/C23H17N3O3/c1-15(27)16-10-12-20(13-11-16)25-22(28)17-6-8-18(9-7-17)23(29)26-21-5-3-2-4-19(21)14-24/h2-13H,1H3,(H,25,28)(H,26,29). The average molecular weight is 383 g/mol. The van der Waals surface area contributed by atoms with Crippen LogP contribution in [0.3, 0.4) is 0 Å². The van der Waals surface area contributed by atoms with Gasteiger partial charge in [0.05, 0.1) is 11.3 Å². The predicted molar refractivity (Wildman–Crippen MR) is 110 cm³/mol. The van der Waals surface area contributed by atoms with Crippen LogP contribution < -0.4 is 10.6 Å². The fourth-order valence-electron chi connectivity index (χ4n) is 2.65. The first kappa shape index (κ1) is 19.5. The lowest BCUT2D eigenvalue weighted by atomic mass is 10.1. The van der Waals surface area contributed by atoms with Crippen molar-refractivity contribution in [1.82, 2.24) is 0 Å². The number of hydrogen-bond donors (Lipinski definition) is 2. The van der Waals surface area contributed by atoms with Gasteiger partial charge in [-0.1, -0.05) is 12.1 Å². The van der Waals surface area contributed by atoms with E-state index in [4.69, 9.17) is 5.26 Å². The van der Waals surface area contributed by atoms with Gasteiger partial charge in [0.15, 0.2) is 5.78 Å². The quantitative estimate of drug-likeness (QED) is 0.643. The van der Waals surface area contributed by atoms with E-state index >= 15 is 0 Å². The third-order valence-electron chi connectivity index (χ3n) is 4.25. The minimum Gasteiger partial charge on any atom is -0.322 e. The fraction of sp³-hybridized carbons (Fsp3) is 0.0435. The van der Waals surface area contributed by atoms with Gasteiger partial charge in [-0.15, -0.1) is 0 Å². The number of para-hydroxylation sites is 1. The molecule has 3 rings (SSSR count). The van der Waals surface area contributed by atoms with Gasteiger partial charge in [0.1, 0.15) is 6.07 Å². The van der Waals surface area contributed by atoms with Crippen LogP contribution in [0.5, 0.6) is 0 Å². The molecule has 2 amide bonds. The molecule has 0 saturated carbocycles. The number of nitriles is 1. The number of rotatable bonds is 5. The minimum absolute atomic E-state index is 0.0471. The fourth-order valence-corrected chi connectivity index (χ4v) is 2.65. The summed E-state index contributed by atoms with van der Waals surface area (Å²) >= 11 is 0. The molecule has 3 aromatic carbocycles. The van der Waals surface area contributed by atoms with Crippen LogP contribution in [0.2, 0.25) is 0 Å². The molecular formula is C23H17N3O3. The molecule has 6 heteroatoms. The zero-order valence-electron chi connectivity index (χ0n) is 15.6. The Labute approximate surface area is 167 Å². The molecule has 6 nitrogen and oxygen atoms in total. The predicted octanol–water partition coefficient (Wildman–Crippen LogP) is 4.27. The van der Waals surface area contributed by atoms with Crippen LogP contribution in [0.15, 0.2) is 72.8 Å². The number of Topliss-reactive ketones (excluding diaryl/α,β-unsaturated/α-hetero) is 1. The van der Waals surface area contributed by atoms with Crippen molar-refractivity contribution in [1.29, 1.82) is 5.26 Å². The third kappa shape index (κ3) is 4.73. The van der Waals surface area contributed by atoms with E-state index < -0.39 is 0 Å². The van der Waals surface area contributed by atoms with E-state index in [0.29, 0.717) is 33.6 Å². The van der Waals surface area contributed by atoms with Crippen LogP contribution in [-0.4, -0.2) is 17.6 Å². The molecule has 0 spiro atoms. The van der Waals surface area contributed by atoms with Gasteiger partial charge >= 0.3 is 0 Å². The Morgan fingerprint density at radius 3 is 1.79 bits per heavy atom. The summed E-state index contributed by atoms with van der Waals surface area (Å²) in [6.45, 7) is 1.48. The second kappa shape index (κ2) is 8.63. The van der Waals surface area contributed by atoms with E-state index in [-0.39, 0.29) is 17.6 Å². The Bertz CT molecular complexity index is 1110. The van der Waals surface area contributed by atoms with E-state index in [0.717, 1.165) is 0 Å². The maximum atomic E-state index is 12.4. The number of nitrogens with zero attached hydrogens (tertiary/aromatic N) is 1. The maximum absolute atomic E-state index is 12.4. The molecule has 3 aromatic rings. The lowest BCUT2D eigenvalue weighted by Crippen LogP contribution is -2.15. The molecule has 0 unspecified atom stereocenters. The third-order valence-corrected chi connectivity index (χ3v) is 4.25. The molecule has 0 aliphatic heterocycles. The van der Waals surface area contributed by atoms with Crippen LogP contribution in [-0.2, 0) is 0 Å². The lowest BCUT2D eigenvalue weighted by Gasteiger charge is -2.08. The molecule has 0 aliphatic rings. The Morgan fingerprint density at radius 1 is 0.724 bits per heavy atom. The summed E-state index contributed by atoms with van der Waals surface area (Å²) in [5.41, 5.74) is 2.67. The van der Waals surface area contributed by atoms with Crippen molar-refractivity contribution in [2.24, 2.45) is 0 Å². The average Bonchev–Trinajstić information content (AvgIpc) is 2.74. The first-order valence-electron chi connectivity index (χ1n) is 8.81. The van der Waals surface area contributed by atoms with Crippen LogP contribution in [0.1, 0.15) is 43.6 Å². The largest absolute Gasteiger partial charge is 0.322 e. The second-order valence-corrected chi connectivity index (χ2v) is 6.28. The number of hydrogen-bond acceptors (Lipinski definition) is 4. The molecule has 29 heavy (non-hydrogen) atoms. The summed E-state index contributed by atoms with van der Waals surface area (Å²) in [7, 11) is 0. The molecule has 0 aromatic heterocycles. The number of nitrogens with one attached hydrogen (secondary N) is 2. The molecule has 0 bridgehead atoms. The zero-order valence-corrected chi connectivity index (χ0v) is 15.6. The molecule has 0 heterocycles. The van der Waals surface area contributed by atoms with Crippen LogP contribution >= 0.6 is 0 Å². The highest BCUT2D eigenvalue weighted by Gasteiger charge is 2.11. The molecule has 0 aliphatic carbocycles. The summed E-state index contributed by atoms with van der Waals surface area (Å²) in [5.74, 6) is -0.754. The van der Waals surface area contributed by atoms with Crippen molar-refractivity contribution < 1.29 is 14.4 Å². The van der Waals surface area contributed by atoms with Crippen LogP contribution in [0.4, 0.5) is 11.4 Å². The topological polar surface area (TPSA) is 99.1 Å². The van der Waals surface area contributed by atoms with Crippen LogP contribution in [0, 0.1) is 11.3 Å². The van der Waals surface area contributed by atoms with E-state index in [1.165, 1.54) is 19.1 Å². The Hall–Kier alpha value is -4.24. The Kier molecular flexibility index (Phi) is 5.81. The van der Waals surface area contributed by atoms with Crippen molar-refractivity contribution in [3.05, 3.63) is 95.1 Å². The molecular weight excluding hydrogens is 366 g/mol. The monoisotopic (exact) mass is 383 g/mol. The van der Waals surface area contributed by atoms with Crippen molar-refractivity contribution in [2.45, 2.75) is 6.92 Å². The molecule has 142 valence electrons. The number of amides is 2. The van der Waals surface area contributed by atoms with Crippen molar-refractivity contribution in [3.8, 4) is 6.07 Å². The van der Waals surface area contributed by atoms with E-state index in [9.17, 15) is 14.4 Å². The van der Waals surface area contributed by atoms with Gasteiger partial charge in [-0.3, -0.25) is 14.4 Å². The SMILES string of the molecule is CC(=O)c1ccc(NC(=O)c2ccc(C(=O)Nc3ccccc3C#N)cc2)cc1. The molecule has 0 radical (unpaired) electrons. The van der Waals surface area contributed by atoms with Gasteiger partial charge in [-0.2, -0.15) is 5.26 Å². The minimum atomic E-state index is -0.375. The normalized spacial score (nSPS) is 9.93. The smallest absolute Gasteiger partial charge is 0.255 e. The second-order valence-electron chi connectivity index (χ2n) is 6.28. The Morgan fingerprint density at radius 2 is 1.24 bits per heavy atom. The van der Waals surface area contributed by atoms with Gasteiger partial charge in [-0.05, 0) is 67.6 Å². The lowest BCUT2D eigenvalue weighted by molar-refractivity contribution is 0.101. The van der Waals surface area contributed by atoms with Gasteiger partial charge in [0.25, 0.3) is 11.8 Å². The Balaban J connectivity index is 1.67. The first-order chi connectivity index (χ1) is 14.0. The number of ketones is 1. The van der Waals surface area contributed by atoms with E-state index in [1.807, 2.05) is 6.07 Å². The molecule has 0 saturated heterocycles. The molecule has 0 fully saturated rings. The highest BCUT2D eigenvalue weighted by atomic mass is 16.2. The van der Waals surface area contributed by atoms with Gasteiger partial charge in [0.2, 0.25) is 0 Å². The van der Waals surface area contributed by atoms with Crippen molar-refractivity contribution in [2.75, 3.05) is 10.6 Å². The number of carbonyl (C=O) groups is 3. The van der Waals surface area contributed by atoms with Gasteiger partial charge in [-0.25, -0.2) is 0 Å². The van der Waals surface area contributed by atoms with E-state index in [1.54, 1.807) is 60.7 Å². The molecule has 2 N–H and O–H groups in total. The summed E-state index contributed by atoms with van der Waals surface area (Å²) in [6.07, 6.45) is 0. The molecule has 0 atom stereocenters. The van der Waals surface area contributed by atoms with Gasteiger partial charge in [0, 0.05) is 22.4 Å². The highest BCUT2D eigenvalue weighted by Crippen LogP contribution is 2.16. The first-order valence-corrected chi connectivity index (χ1v) is 8.81. The van der Waals surface area contributed by atoms with Crippen molar-refractivity contribution >= 4 is 29.0 Å². The van der Waals surface area contributed by atoms with E-state index in [2.05, 4.69) is 10.6 Å². The number of carbonyl (C=O) groups excluding carboxylic acids is 3. The summed E-state index contributed by atoms with van der Waals surface area (Å²) in [4.78, 5) is 36.1. The maximum Gasteiger partial charge on any atom is 0.255 e. The number of anilines is 2.